The number of hydrogen-bond acceptors (Lipinski definition) is 6. The Kier molecular flexibility index (Phi) is 6.19. The van der Waals surface area contributed by atoms with E-state index in [1.807, 2.05) is 0 Å². The minimum Gasteiger partial charge on any atom is -0.452 e. The number of ether oxygens (including phenoxy) is 1. The number of rotatable bonds is 6. The molecule has 0 saturated carbocycles. The molecule has 1 heterocycles. The third kappa shape index (κ3) is 5.70. The molecule has 128 valence electrons. The molecule has 1 N–H and O–H groups in total. The lowest BCUT2D eigenvalue weighted by atomic mass is 10.1. The summed E-state index contributed by atoms with van der Waals surface area (Å²) in [7, 11) is 0. The van der Waals surface area contributed by atoms with Crippen LogP contribution in [0.1, 0.15) is 5.56 Å². The van der Waals surface area contributed by atoms with Gasteiger partial charge in [-0.1, -0.05) is 23.7 Å². The van der Waals surface area contributed by atoms with Gasteiger partial charge in [-0.05, 0) is 24.3 Å². The van der Waals surface area contributed by atoms with Crippen molar-refractivity contribution in [2.45, 2.75) is 0 Å². The first-order chi connectivity index (χ1) is 12.0. The van der Waals surface area contributed by atoms with Crippen molar-refractivity contribution < 1.29 is 19.2 Å². The van der Waals surface area contributed by atoms with E-state index in [-0.39, 0.29) is 17.1 Å². The number of nitrogens with one attached hydrogen (secondary N) is 1. The monoisotopic (exact) mass is 361 g/mol. The number of nitro groups is 1. The molecule has 8 nitrogen and oxygen atoms in total. The fourth-order valence-corrected chi connectivity index (χ4v) is 1.88. The summed E-state index contributed by atoms with van der Waals surface area (Å²) in [6.45, 7) is -0.523. The largest absolute Gasteiger partial charge is 0.452 e. The first kappa shape index (κ1) is 18.1. The normalized spacial score (nSPS) is 10.4. The van der Waals surface area contributed by atoms with Crippen molar-refractivity contribution in [3.63, 3.8) is 0 Å². The molecule has 0 spiro atoms. The standard InChI is InChI=1S/C16H12ClN3O5/c17-12-6-7-14(18-9-12)19-15(21)10-25-16(22)8-5-11-3-1-2-4-13(11)20(23)24/h1-9H,10H2,(H,18,19,21)/b8-5+. The molecule has 0 atom stereocenters. The van der Waals surface area contributed by atoms with Crippen LogP contribution in [0.25, 0.3) is 6.08 Å². The molecule has 1 amide bonds. The molecule has 25 heavy (non-hydrogen) atoms. The number of carbonyl (C=O) groups is 2. The summed E-state index contributed by atoms with van der Waals surface area (Å²) in [5.74, 6) is -1.12. The molecule has 0 fully saturated rings. The number of esters is 1. The fourth-order valence-electron chi connectivity index (χ4n) is 1.77. The quantitative estimate of drug-likeness (QED) is 0.366. The average Bonchev–Trinajstić information content (AvgIpc) is 2.60. The second-order valence-electron chi connectivity index (χ2n) is 4.67. The maximum atomic E-state index is 11.6. The van der Waals surface area contributed by atoms with E-state index in [0.717, 1.165) is 6.08 Å². The van der Waals surface area contributed by atoms with E-state index in [4.69, 9.17) is 16.3 Å². The predicted molar refractivity (Wildman–Crippen MR) is 91.0 cm³/mol. The number of carbonyl (C=O) groups excluding carboxylic acids is 2. The molecule has 9 heteroatoms. The maximum absolute atomic E-state index is 11.6. The van der Waals surface area contributed by atoms with E-state index >= 15 is 0 Å². The average molecular weight is 362 g/mol. The van der Waals surface area contributed by atoms with Crippen molar-refractivity contribution in [1.82, 2.24) is 4.98 Å². The molecule has 0 unspecified atom stereocenters. The third-order valence-corrected chi connectivity index (χ3v) is 3.10. The van der Waals surface area contributed by atoms with Crippen molar-refractivity contribution in [2.24, 2.45) is 0 Å². The van der Waals surface area contributed by atoms with Crippen molar-refractivity contribution in [2.75, 3.05) is 11.9 Å². The van der Waals surface area contributed by atoms with Crippen molar-refractivity contribution >= 4 is 41.1 Å². The van der Waals surface area contributed by atoms with Gasteiger partial charge in [0.05, 0.1) is 15.5 Å². The summed E-state index contributed by atoms with van der Waals surface area (Å²) in [5, 5.41) is 13.7. The number of nitro benzene ring substituents is 1. The topological polar surface area (TPSA) is 111 Å². The Hall–Kier alpha value is -3.26. The van der Waals surface area contributed by atoms with Gasteiger partial charge in [0.2, 0.25) is 0 Å². The summed E-state index contributed by atoms with van der Waals surface area (Å²) < 4.78 is 4.76. The number of nitrogens with zero attached hydrogens (tertiary/aromatic N) is 2. The first-order valence-corrected chi connectivity index (χ1v) is 7.33. The van der Waals surface area contributed by atoms with Crippen LogP contribution in [0, 0.1) is 10.1 Å². The Labute approximate surface area is 147 Å². The van der Waals surface area contributed by atoms with Crippen LogP contribution >= 0.6 is 11.6 Å². The highest BCUT2D eigenvalue weighted by Gasteiger charge is 2.11. The Morgan fingerprint density at radius 2 is 2.04 bits per heavy atom. The van der Waals surface area contributed by atoms with E-state index in [2.05, 4.69) is 10.3 Å². The highest BCUT2D eigenvalue weighted by molar-refractivity contribution is 6.30. The van der Waals surface area contributed by atoms with Gasteiger partial charge >= 0.3 is 5.97 Å². The highest BCUT2D eigenvalue weighted by atomic mass is 35.5. The lowest BCUT2D eigenvalue weighted by molar-refractivity contribution is -0.385. The minimum absolute atomic E-state index is 0.141. The first-order valence-electron chi connectivity index (χ1n) is 6.95. The molecule has 1 aromatic carbocycles. The molecule has 0 aliphatic carbocycles. The molecule has 1 aromatic heterocycles. The van der Waals surface area contributed by atoms with E-state index in [9.17, 15) is 19.7 Å². The van der Waals surface area contributed by atoms with Gasteiger partial charge in [0.15, 0.2) is 6.61 Å². The van der Waals surface area contributed by atoms with Gasteiger partial charge < -0.3 is 10.1 Å². The molecule has 2 rings (SSSR count). The number of benzene rings is 1. The Balaban J connectivity index is 1.87. The number of anilines is 1. The summed E-state index contributed by atoms with van der Waals surface area (Å²) in [4.78, 5) is 37.4. The van der Waals surface area contributed by atoms with Gasteiger partial charge in [-0.2, -0.15) is 0 Å². The van der Waals surface area contributed by atoms with Gasteiger partial charge in [-0.3, -0.25) is 14.9 Å². The smallest absolute Gasteiger partial charge is 0.331 e. The molecule has 0 saturated heterocycles. The molecule has 0 aliphatic heterocycles. The number of halogens is 1. The SMILES string of the molecule is O=C(COC(=O)/C=C/c1ccccc1[N+](=O)[O-])Nc1ccc(Cl)cn1. The van der Waals surface area contributed by atoms with Crippen LogP contribution < -0.4 is 5.32 Å². The zero-order valence-electron chi connectivity index (χ0n) is 12.7. The number of hydrogen-bond donors (Lipinski definition) is 1. The molecule has 0 bridgehead atoms. The molecular weight excluding hydrogens is 350 g/mol. The second-order valence-corrected chi connectivity index (χ2v) is 5.10. The summed E-state index contributed by atoms with van der Waals surface area (Å²) in [6, 6.07) is 8.97. The van der Waals surface area contributed by atoms with Gasteiger partial charge in [-0.25, -0.2) is 9.78 Å². The predicted octanol–water partition coefficient (Wildman–Crippen LogP) is 2.84. The number of para-hydroxylation sites is 1. The van der Waals surface area contributed by atoms with Crippen LogP contribution in [-0.4, -0.2) is 28.4 Å². The van der Waals surface area contributed by atoms with Gasteiger partial charge in [0, 0.05) is 18.3 Å². The summed E-state index contributed by atoms with van der Waals surface area (Å²) >= 11 is 5.67. The van der Waals surface area contributed by atoms with Gasteiger partial charge in [0.1, 0.15) is 5.82 Å². The van der Waals surface area contributed by atoms with Crippen molar-refractivity contribution in [1.29, 1.82) is 0 Å². The zero-order chi connectivity index (χ0) is 18.2. The second kappa shape index (κ2) is 8.55. The van der Waals surface area contributed by atoms with Gasteiger partial charge in [0.25, 0.3) is 11.6 Å². The van der Waals surface area contributed by atoms with Crippen molar-refractivity contribution in [3.8, 4) is 0 Å². The van der Waals surface area contributed by atoms with E-state index < -0.39 is 23.4 Å². The fraction of sp³-hybridized carbons (Fsp3) is 0.0625. The van der Waals surface area contributed by atoms with Crippen LogP contribution in [0.4, 0.5) is 11.5 Å². The van der Waals surface area contributed by atoms with Gasteiger partial charge in [-0.15, -0.1) is 0 Å². The molecule has 0 radical (unpaired) electrons. The summed E-state index contributed by atoms with van der Waals surface area (Å²) in [6.07, 6.45) is 3.62. The van der Waals surface area contributed by atoms with E-state index in [1.54, 1.807) is 12.1 Å². The number of amides is 1. The molecule has 0 aliphatic rings. The maximum Gasteiger partial charge on any atom is 0.331 e. The van der Waals surface area contributed by atoms with E-state index in [0.29, 0.717) is 5.02 Å². The lowest BCUT2D eigenvalue weighted by Gasteiger charge is -2.04. The van der Waals surface area contributed by atoms with Crippen molar-refractivity contribution in [3.05, 3.63) is 69.4 Å². The lowest BCUT2D eigenvalue weighted by Crippen LogP contribution is -2.20. The minimum atomic E-state index is -0.808. The van der Waals surface area contributed by atoms with Crippen LogP contribution in [0.2, 0.25) is 5.02 Å². The highest BCUT2D eigenvalue weighted by Crippen LogP contribution is 2.18. The van der Waals surface area contributed by atoms with Crippen LogP contribution in [0.5, 0.6) is 0 Å². The van der Waals surface area contributed by atoms with Crippen LogP contribution in [-0.2, 0) is 14.3 Å². The zero-order valence-corrected chi connectivity index (χ0v) is 13.5. The van der Waals surface area contributed by atoms with E-state index in [1.165, 1.54) is 36.5 Å². The van der Waals surface area contributed by atoms with Crippen LogP contribution in [0.15, 0.2) is 48.7 Å². The Morgan fingerprint density at radius 3 is 2.72 bits per heavy atom. The summed E-state index contributed by atoms with van der Waals surface area (Å²) in [5.41, 5.74) is 0.109. The molecular formula is C16H12ClN3O5. The Bertz CT molecular complexity index is 821. The third-order valence-electron chi connectivity index (χ3n) is 2.87. The molecule has 2 aromatic rings. The number of aromatic nitrogens is 1. The Morgan fingerprint density at radius 1 is 1.28 bits per heavy atom. The van der Waals surface area contributed by atoms with Crippen LogP contribution in [0.3, 0.4) is 0 Å². The number of pyridine rings is 1.